The molecule has 0 fully saturated rings. The van der Waals surface area contributed by atoms with Crippen molar-refractivity contribution in [1.82, 2.24) is 15.3 Å². The van der Waals surface area contributed by atoms with Crippen molar-refractivity contribution in [2.75, 3.05) is 6.54 Å². The van der Waals surface area contributed by atoms with E-state index < -0.39 is 12.5 Å². The Morgan fingerprint density at radius 1 is 1.50 bits per heavy atom. The van der Waals surface area contributed by atoms with E-state index in [0.717, 1.165) is 25.1 Å². The van der Waals surface area contributed by atoms with Crippen molar-refractivity contribution < 1.29 is 13.9 Å². The molecular formula is C11H18ClF2N3O. The smallest absolute Gasteiger partial charge is 0.265 e. The highest BCUT2D eigenvalue weighted by molar-refractivity contribution is 6.30. The maximum Gasteiger partial charge on any atom is 0.265 e. The maximum absolute atomic E-state index is 12.0. The number of halogens is 3. The SMILES string of the molecule is CCCCc1nc(Cl)c(CNCC(O)C(F)F)[nH]1. The number of aryl methyl sites for hydroxylation is 1. The Hall–Kier alpha value is -0.720. The van der Waals surface area contributed by atoms with Gasteiger partial charge in [-0.2, -0.15) is 0 Å². The normalized spacial score (nSPS) is 13.2. The summed E-state index contributed by atoms with van der Waals surface area (Å²) >= 11 is 5.91. The predicted octanol–water partition coefficient (Wildman–Crippen LogP) is 2.12. The van der Waals surface area contributed by atoms with Crippen molar-refractivity contribution in [3.8, 4) is 0 Å². The molecule has 0 spiro atoms. The molecule has 1 aromatic rings. The van der Waals surface area contributed by atoms with Gasteiger partial charge in [0.25, 0.3) is 6.43 Å². The molecule has 1 atom stereocenters. The molecule has 4 nitrogen and oxygen atoms in total. The average molecular weight is 282 g/mol. The molecule has 0 aliphatic heterocycles. The van der Waals surface area contributed by atoms with E-state index in [1.54, 1.807) is 0 Å². The molecule has 18 heavy (non-hydrogen) atoms. The lowest BCUT2D eigenvalue weighted by Gasteiger charge is -2.09. The number of aromatic nitrogens is 2. The lowest BCUT2D eigenvalue weighted by molar-refractivity contribution is -0.00344. The molecule has 1 rings (SSSR count). The average Bonchev–Trinajstić information content (AvgIpc) is 2.67. The van der Waals surface area contributed by atoms with Crippen LogP contribution in [0, 0.1) is 0 Å². The lowest BCUT2D eigenvalue weighted by atomic mass is 10.2. The van der Waals surface area contributed by atoms with Gasteiger partial charge in [-0.1, -0.05) is 24.9 Å². The fraction of sp³-hybridized carbons (Fsp3) is 0.727. The number of nitrogens with one attached hydrogen (secondary N) is 2. The quantitative estimate of drug-likeness (QED) is 0.684. The molecule has 0 bridgehead atoms. The highest BCUT2D eigenvalue weighted by atomic mass is 35.5. The number of aromatic amines is 1. The topological polar surface area (TPSA) is 60.9 Å². The van der Waals surface area contributed by atoms with Gasteiger partial charge in [0.05, 0.1) is 5.69 Å². The number of nitrogens with zero attached hydrogens (tertiary/aromatic N) is 1. The Bertz CT molecular complexity index is 360. The minimum Gasteiger partial charge on any atom is -0.386 e. The number of hydrogen-bond acceptors (Lipinski definition) is 3. The van der Waals surface area contributed by atoms with Gasteiger partial charge in [0.15, 0.2) is 5.15 Å². The molecular weight excluding hydrogens is 264 g/mol. The van der Waals surface area contributed by atoms with Gasteiger partial charge in [-0.05, 0) is 6.42 Å². The molecule has 0 saturated carbocycles. The van der Waals surface area contributed by atoms with Gasteiger partial charge in [0.1, 0.15) is 11.9 Å². The Kier molecular flexibility index (Phi) is 6.52. The minimum atomic E-state index is -2.74. The molecule has 0 radical (unpaired) electrons. The molecule has 7 heteroatoms. The van der Waals surface area contributed by atoms with Crippen LogP contribution in [0.4, 0.5) is 8.78 Å². The first kappa shape index (κ1) is 15.3. The van der Waals surface area contributed by atoms with E-state index in [4.69, 9.17) is 16.7 Å². The molecule has 0 aliphatic rings. The molecule has 0 amide bonds. The molecule has 1 heterocycles. The third-order valence-electron chi connectivity index (χ3n) is 2.49. The number of hydrogen-bond donors (Lipinski definition) is 3. The van der Waals surface area contributed by atoms with E-state index in [0.29, 0.717) is 10.8 Å². The Balaban J connectivity index is 2.40. The Morgan fingerprint density at radius 3 is 2.83 bits per heavy atom. The number of imidazole rings is 1. The van der Waals surface area contributed by atoms with Gasteiger partial charge in [0.2, 0.25) is 0 Å². The minimum absolute atomic E-state index is 0.183. The van der Waals surface area contributed by atoms with Crippen LogP contribution in [-0.4, -0.2) is 34.1 Å². The van der Waals surface area contributed by atoms with Gasteiger partial charge in [-0.15, -0.1) is 0 Å². The summed E-state index contributed by atoms with van der Waals surface area (Å²) in [6.45, 7) is 2.18. The number of H-pyrrole nitrogens is 1. The van der Waals surface area contributed by atoms with Crippen molar-refractivity contribution in [1.29, 1.82) is 0 Å². The standard InChI is InChI=1S/C11H18ClF2N3O/c1-2-3-4-9-16-7(10(12)17-9)5-15-6-8(18)11(13)14/h8,11,15,18H,2-6H2,1H3,(H,16,17). The van der Waals surface area contributed by atoms with Crippen molar-refractivity contribution in [2.24, 2.45) is 0 Å². The van der Waals surface area contributed by atoms with E-state index >= 15 is 0 Å². The molecule has 0 aliphatic carbocycles. The molecule has 0 saturated heterocycles. The molecule has 0 aromatic carbocycles. The summed E-state index contributed by atoms with van der Waals surface area (Å²) in [6.07, 6.45) is -1.51. The number of aliphatic hydroxyl groups is 1. The lowest BCUT2D eigenvalue weighted by Crippen LogP contribution is -2.31. The monoisotopic (exact) mass is 281 g/mol. The van der Waals surface area contributed by atoms with Gasteiger partial charge < -0.3 is 15.4 Å². The second kappa shape index (κ2) is 7.66. The first-order valence-corrected chi connectivity index (χ1v) is 6.32. The van der Waals surface area contributed by atoms with Crippen molar-refractivity contribution >= 4 is 11.6 Å². The van der Waals surface area contributed by atoms with Crippen LogP contribution in [0.15, 0.2) is 0 Å². The van der Waals surface area contributed by atoms with Crippen LogP contribution >= 0.6 is 11.6 Å². The van der Waals surface area contributed by atoms with E-state index in [9.17, 15) is 8.78 Å². The van der Waals surface area contributed by atoms with Crippen LogP contribution in [0.25, 0.3) is 0 Å². The van der Waals surface area contributed by atoms with E-state index in [2.05, 4.69) is 22.2 Å². The highest BCUT2D eigenvalue weighted by Gasteiger charge is 2.16. The van der Waals surface area contributed by atoms with Crippen LogP contribution in [0.1, 0.15) is 31.3 Å². The first-order valence-electron chi connectivity index (χ1n) is 5.94. The second-order valence-electron chi connectivity index (χ2n) is 4.09. The van der Waals surface area contributed by atoms with Crippen molar-refractivity contribution in [3.05, 3.63) is 16.7 Å². The molecule has 1 unspecified atom stereocenters. The van der Waals surface area contributed by atoms with Crippen LogP contribution in [-0.2, 0) is 13.0 Å². The van der Waals surface area contributed by atoms with Gasteiger partial charge in [-0.3, -0.25) is 0 Å². The number of aliphatic hydroxyl groups excluding tert-OH is 1. The fourth-order valence-corrected chi connectivity index (χ4v) is 1.67. The summed E-state index contributed by atoms with van der Waals surface area (Å²) in [6, 6.07) is 0. The van der Waals surface area contributed by atoms with Crippen LogP contribution < -0.4 is 5.32 Å². The third kappa shape index (κ3) is 4.88. The van der Waals surface area contributed by atoms with Gasteiger partial charge in [-0.25, -0.2) is 13.8 Å². The summed E-state index contributed by atoms with van der Waals surface area (Å²) in [5, 5.41) is 12.0. The zero-order valence-electron chi connectivity index (χ0n) is 10.2. The largest absolute Gasteiger partial charge is 0.386 e. The van der Waals surface area contributed by atoms with Crippen LogP contribution in [0.2, 0.25) is 5.15 Å². The van der Waals surface area contributed by atoms with Crippen molar-refractivity contribution in [2.45, 2.75) is 45.3 Å². The maximum atomic E-state index is 12.0. The zero-order valence-corrected chi connectivity index (χ0v) is 11.0. The van der Waals surface area contributed by atoms with Gasteiger partial charge in [0, 0.05) is 19.5 Å². The Morgan fingerprint density at radius 2 is 2.22 bits per heavy atom. The Labute approximate surface area is 110 Å². The third-order valence-corrected chi connectivity index (χ3v) is 2.80. The number of alkyl halides is 2. The van der Waals surface area contributed by atoms with Gasteiger partial charge >= 0.3 is 0 Å². The van der Waals surface area contributed by atoms with Crippen LogP contribution in [0.3, 0.4) is 0 Å². The van der Waals surface area contributed by atoms with E-state index in [1.807, 2.05) is 0 Å². The summed E-state index contributed by atoms with van der Waals surface area (Å²) in [5.41, 5.74) is 0.657. The summed E-state index contributed by atoms with van der Waals surface area (Å²) in [7, 11) is 0. The fourth-order valence-electron chi connectivity index (χ4n) is 1.45. The summed E-state index contributed by atoms with van der Waals surface area (Å²) < 4.78 is 24.1. The molecule has 104 valence electrons. The number of rotatable bonds is 8. The van der Waals surface area contributed by atoms with Crippen molar-refractivity contribution in [3.63, 3.8) is 0 Å². The number of unbranched alkanes of at least 4 members (excludes halogenated alkanes) is 1. The summed E-state index contributed by atoms with van der Waals surface area (Å²) in [4.78, 5) is 7.18. The zero-order chi connectivity index (χ0) is 13.5. The first-order chi connectivity index (χ1) is 8.54. The molecule has 3 N–H and O–H groups in total. The highest BCUT2D eigenvalue weighted by Crippen LogP contribution is 2.14. The molecule has 1 aromatic heterocycles. The van der Waals surface area contributed by atoms with Crippen LogP contribution in [0.5, 0.6) is 0 Å². The van der Waals surface area contributed by atoms with E-state index in [-0.39, 0.29) is 13.1 Å². The van der Waals surface area contributed by atoms with E-state index in [1.165, 1.54) is 0 Å². The second-order valence-corrected chi connectivity index (χ2v) is 4.45. The summed E-state index contributed by atoms with van der Waals surface area (Å²) in [5.74, 6) is 0.799. The predicted molar refractivity (Wildman–Crippen MR) is 65.9 cm³/mol.